The molecule has 46 heavy (non-hydrogen) atoms. The van der Waals surface area contributed by atoms with Gasteiger partial charge in [0.25, 0.3) is 10.0 Å². The van der Waals surface area contributed by atoms with Gasteiger partial charge in [0, 0.05) is 18.5 Å². The zero-order valence-corrected chi connectivity index (χ0v) is 28.7. The molecule has 0 bridgehead atoms. The molecule has 0 aliphatic rings. The predicted molar refractivity (Wildman–Crippen MR) is 185 cm³/mol. The summed E-state index contributed by atoms with van der Waals surface area (Å²) in [6, 6.07) is 28.5. The van der Waals surface area contributed by atoms with Crippen molar-refractivity contribution < 1.29 is 18.0 Å². The number of carbonyl (C=O) groups is 2. The van der Waals surface area contributed by atoms with Gasteiger partial charge in [-0.3, -0.25) is 13.9 Å². The molecule has 1 N–H and O–H groups in total. The molecule has 0 fully saturated rings. The summed E-state index contributed by atoms with van der Waals surface area (Å²) in [5, 5.41) is 3.07. The lowest BCUT2D eigenvalue weighted by atomic mass is 10.0. The lowest BCUT2D eigenvalue weighted by Gasteiger charge is -2.35. The van der Waals surface area contributed by atoms with Crippen LogP contribution in [0.1, 0.15) is 54.2 Å². The van der Waals surface area contributed by atoms with Gasteiger partial charge in [0.05, 0.1) is 10.6 Å². The third-order valence-corrected chi connectivity index (χ3v) is 9.38. The summed E-state index contributed by atoms with van der Waals surface area (Å²) in [5.74, 6) is -0.793. The first-order valence-electron chi connectivity index (χ1n) is 15.5. The molecule has 0 saturated heterocycles. The fourth-order valence-corrected chi connectivity index (χ4v) is 6.87. The molecule has 242 valence electrons. The summed E-state index contributed by atoms with van der Waals surface area (Å²) in [5.41, 5.74) is 5.24. The molecule has 1 atom stereocenters. The van der Waals surface area contributed by atoms with Crippen LogP contribution in [0.25, 0.3) is 0 Å². The van der Waals surface area contributed by atoms with Crippen molar-refractivity contribution in [1.82, 2.24) is 10.2 Å². The largest absolute Gasteiger partial charge is 0.350 e. The zero-order valence-electron chi connectivity index (χ0n) is 27.9. The second kappa shape index (κ2) is 14.3. The van der Waals surface area contributed by atoms with E-state index in [0.717, 1.165) is 33.4 Å². The average Bonchev–Trinajstić information content (AvgIpc) is 2.97. The van der Waals surface area contributed by atoms with Crippen LogP contribution in [0.2, 0.25) is 0 Å². The van der Waals surface area contributed by atoms with Crippen molar-refractivity contribution in [3.8, 4) is 0 Å². The number of hydrogen-bond donors (Lipinski definition) is 1. The van der Waals surface area contributed by atoms with Gasteiger partial charge in [0.1, 0.15) is 12.6 Å². The van der Waals surface area contributed by atoms with Gasteiger partial charge in [-0.05, 0) is 95.0 Å². The first kappa shape index (κ1) is 34.4. The van der Waals surface area contributed by atoms with Crippen LogP contribution in [0.5, 0.6) is 0 Å². The van der Waals surface area contributed by atoms with Crippen molar-refractivity contribution in [3.63, 3.8) is 0 Å². The molecule has 2 amide bonds. The van der Waals surface area contributed by atoms with Gasteiger partial charge in [-0.25, -0.2) is 8.42 Å². The normalized spacial score (nSPS) is 12.3. The SMILES string of the molecule is Cc1ccc(S(=O)(=O)N(CC(=O)N(Cc2cccc(C)c2)C(Cc2ccccc2)C(=O)NC(C)(C)C)c2cc(C)cc(C)c2)cc1. The van der Waals surface area contributed by atoms with E-state index in [9.17, 15) is 18.0 Å². The minimum Gasteiger partial charge on any atom is -0.350 e. The molecular formula is C38H45N3O4S. The molecule has 0 aromatic heterocycles. The molecule has 0 saturated carbocycles. The van der Waals surface area contributed by atoms with Crippen molar-refractivity contribution >= 4 is 27.5 Å². The molecule has 0 radical (unpaired) electrons. The Hall–Kier alpha value is -4.43. The summed E-state index contributed by atoms with van der Waals surface area (Å²) < 4.78 is 29.7. The van der Waals surface area contributed by atoms with Gasteiger partial charge in [-0.2, -0.15) is 0 Å². The number of nitrogens with zero attached hydrogens (tertiary/aromatic N) is 2. The van der Waals surface area contributed by atoms with Gasteiger partial charge in [0.2, 0.25) is 11.8 Å². The highest BCUT2D eigenvalue weighted by molar-refractivity contribution is 7.92. The summed E-state index contributed by atoms with van der Waals surface area (Å²) in [7, 11) is -4.16. The van der Waals surface area contributed by atoms with Crippen LogP contribution < -0.4 is 9.62 Å². The van der Waals surface area contributed by atoms with Crippen LogP contribution in [-0.2, 0) is 32.6 Å². The Labute approximate surface area is 274 Å². The minimum atomic E-state index is -4.16. The molecular weight excluding hydrogens is 595 g/mol. The smallest absolute Gasteiger partial charge is 0.264 e. The van der Waals surface area contributed by atoms with E-state index < -0.39 is 34.1 Å². The number of benzene rings is 4. The van der Waals surface area contributed by atoms with E-state index >= 15 is 0 Å². The lowest BCUT2D eigenvalue weighted by molar-refractivity contribution is -0.140. The van der Waals surface area contributed by atoms with E-state index in [1.54, 1.807) is 36.4 Å². The van der Waals surface area contributed by atoms with Crippen LogP contribution in [0.3, 0.4) is 0 Å². The highest BCUT2D eigenvalue weighted by Gasteiger charge is 2.35. The number of amides is 2. The third-order valence-electron chi connectivity index (χ3n) is 7.59. The Morgan fingerprint density at radius 3 is 1.91 bits per heavy atom. The van der Waals surface area contributed by atoms with Crippen LogP contribution in [0, 0.1) is 27.7 Å². The Kier molecular flexibility index (Phi) is 10.7. The monoisotopic (exact) mass is 639 g/mol. The molecule has 0 aliphatic carbocycles. The summed E-state index contributed by atoms with van der Waals surface area (Å²) in [6.07, 6.45) is 0.259. The van der Waals surface area contributed by atoms with Crippen molar-refractivity contribution in [2.45, 2.75) is 77.9 Å². The predicted octanol–water partition coefficient (Wildman–Crippen LogP) is 6.67. The first-order valence-corrected chi connectivity index (χ1v) is 16.9. The number of anilines is 1. The van der Waals surface area contributed by atoms with E-state index in [0.29, 0.717) is 5.69 Å². The Bertz CT molecular complexity index is 1760. The van der Waals surface area contributed by atoms with Gasteiger partial charge >= 0.3 is 0 Å². The van der Waals surface area contributed by atoms with Crippen LogP contribution in [-0.4, -0.2) is 43.3 Å². The van der Waals surface area contributed by atoms with Gasteiger partial charge in [-0.15, -0.1) is 0 Å². The zero-order chi connectivity index (χ0) is 33.6. The van der Waals surface area contributed by atoms with Crippen molar-refractivity contribution in [2.24, 2.45) is 0 Å². The topological polar surface area (TPSA) is 86.8 Å². The number of rotatable bonds is 11. The van der Waals surface area contributed by atoms with Gasteiger partial charge < -0.3 is 10.2 Å². The molecule has 0 heterocycles. The minimum absolute atomic E-state index is 0.0848. The molecule has 0 spiro atoms. The van der Waals surface area contributed by atoms with Crippen molar-refractivity contribution in [2.75, 3.05) is 10.8 Å². The fraction of sp³-hybridized carbons (Fsp3) is 0.316. The van der Waals surface area contributed by atoms with Gasteiger partial charge in [-0.1, -0.05) is 83.9 Å². The fourth-order valence-electron chi connectivity index (χ4n) is 5.47. The molecule has 4 rings (SSSR count). The van der Waals surface area contributed by atoms with E-state index in [2.05, 4.69) is 5.32 Å². The molecule has 4 aromatic carbocycles. The van der Waals surface area contributed by atoms with Gasteiger partial charge in [0.15, 0.2) is 0 Å². The van der Waals surface area contributed by atoms with E-state index in [1.165, 1.54) is 9.21 Å². The second-order valence-electron chi connectivity index (χ2n) is 13.1. The van der Waals surface area contributed by atoms with Crippen LogP contribution in [0.4, 0.5) is 5.69 Å². The number of hydrogen-bond acceptors (Lipinski definition) is 4. The average molecular weight is 640 g/mol. The standard InChI is InChI=1S/C38H45N3O4S/c1-27-16-18-34(19-17-27)46(44,45)41(33-22-29(3)20-30(4)23-33)26-36(42)40(25-32-15-11-12-28(2)21-32)35(37(43)39-38(5,6)7)24-31-13-9-8-10-14-31/h8-23,35H,24-26H2,1-7H3,(H,39,43). The summed E-state index contributed by atoms with van der Waals surface area (Å²) in [4.78, 5) is 30.3. The quantitative estimate of drug-likeness (QED) is 0.199. The number of nitrogens with one attached hydrogen (secondary N) is 1. The summed E-state index contributed by atoms with van der Waals surface area (Å²) in [6.45, 7) is 13.0. The Balaban J connectivity index is 1.84. The number of aryl methyl sites for hydroxylation is 4. The maximum absolute atomic E-state index is 14.7. The van der Waals surface area contributed by atoms with Crippen LogP contribution in [0.15, 0.2) is 102 Å². The lowest BCUT2D eigenvalue weighted by Crippen LogP contribution is -2.56. The van der Waals surface area contributed by atoms with Crippen molar-refractivity contribution in [1.29, 1.82) is 0 Å². The van der Waals surface area contributed by atoms with E-state index in [4.69, 9.17) is 0 Å². The molecule has 8 heteroatoms. The molecule has 4 aromatic rings. The van der Waals surface area contributed by atoms with E-state index in [1.807, 2.05) is 109 Å². The number of carbonyl (C=O) groups excluding carboxylic acids is 2. The maximum atomic E-state index is 14.7. The first-order chi connectivity index (χ1) is 21.6. The number of sulfonamides is 1. The maximum Gasteiger partial charge on any atom is 0.264 e. The Morgan fingerprint density at radius 2 is 1.33 bits per heavy atom. The highest BCUT2D eigenvalue weighted by atomic mass is 32.2. The van der Waals surface area contributed by atoms with E-state index in [-0.39, 0.29) is 23.8 Å². The Morgan fingerprint density at radius 1 is 0.717 bits per heavy atom. The molecule has 7 nitrogen and oxygen atoms in total. The van der Waals surface area contributed by atoms with Crippen molar-refractivity contribution in [3.05, 3.63) is 130 Å². The summed E-state index contributed by atoms with van der Waals surface area (Å²) >= 11 is 0. The molecule has 0 aliphatic heterocycles. The second-order valence-corrected chi connectivity index (χ2v) is 15.0. The van der Waals surface area contributed by atoms with Crippen LogP contribution >= 0.6 is 0 Å². The third kappa shape index (κ3) is 9.07. The highest BCUT2D eigenvalue weighted by Crippen LogP contribution is 2.27. The molecule has 1 unspecified atom stereocenters.